The molecule has 2 aliphatic rings. The molecule has 1 aliphatic carbocycles. The highest BCUT2D eigenvalue weighted by Crippen LogP contribution is 2.52. The first-order chi connectivity index (χ1) is 23.3. The average Bonchev–Trinajstić information content (AvgIpc) is 3.35. The number of halogens is 3. The minimum Gasteiger partial charge on any atom is -0.495 e. The Hall–Kier alpha value is -3.71. The molecule has 0 atom stereocenters. The molecule has 49 heavy (non-hydrogen) atoms. The molecule has 2 aromatic carbocycles. The molecule has 1 fully saturated rings. The third-order valence-corrected chi connectivity index (χ3v) is 11.1. The molecule has 2 heterocycles. The van der Waals surface area contributed by atoms with Crippen molar-refractivity contribution in [2.75, 3.05) is 52.1 Å². The van der Waals surface area contributed by atoms with Crippen molar-refractivity contribution in [3.05, 3.63) is 64.3 Å². The molecule has 1 amide bonds. The summed E-state index contributed by atoms with van der Waals surface area (Å²) in [6.07, 6.45) is -0.0448. The molecule has 15 heteroatoms. The van der Waals surface area contributed by atoms with Gasteiger partial charge < -0.3 is 34.2 Å². The molecule has 0 unspecified atom stereocenters. The van der Waals surface area contributed by atoms with E-state index in [1.807, 2.05) is 6.07 Å². The van der Waals surface area contributed by atoms with E-state index >= 15 is 0 Å². The zero-order chi connectivity index (χ0) is 35.5. The molecule has 1 aromatic heterocycles. The average molecular weight is 705 g/mol. The molecular weight excluding hydrogens is 660 g/mol. The predicted molar refractivity (Wildman–Crippen MR) is 182 cm³/mol. The van der Waals surface area contributed by atoms with Crippen molar-refractivity contribution >= 4 is 36.6 Å². The monoisotopic (exact) mass is 704 g/mol. The highest BCUT2D eigenvalue weighted by Gasteiger charge is 2.38. The number of benzene rings is 2. The molecule has 3 aromatic rings. The van der Waals surface area contributed by atoms with Gasteiger partial charge in [0.05, 0.1) is 43.4 Å². The lowest BCUT2D eigenvalue weighted by atomic mass is 9.79. The summed E-state index contributed by atoms with van der Waals surface area (Å²) in [6.45, 7) is 4.26. The van der Waals surface area contributed by atoms with E-state index in [0.29, 0.717) is 41.3 Å². The number of hydrogen-bond acceptors (Lipinski definition) is 10. The first-order valence-corrected chi connectivity index (χ1v) is 18.1. The van der Waals surface area contributed by atoms with Gasteiger partial charge in [0.2, 0.25) is 5.95 Å². The van der Waals surface area contributed by atoms with Gasteiger partial charge >= 0.3 is 13.8 Å². The quantitative estimate of drug-likeness (QED) is 0.170. The number of aromatic nitrogens is 2. The molecular formula is C34H44F3N6O5P. The van der Waals surface area contributed by atoms with Crippen molar-refractivity contribution in [3.8, 4) is 5.75 Å². The number of amides is 1. The van der Waals surface area contributed by atoms with Crippen molar-refractivity contribution < 1.29 is 36.3 Å². The number of nitrogens with one attached hydrogen (secondary N) is 2. The number of methoxy groups -OCH3 is 1. The fourth-order valence-electron chi connectivity index (χ4n) is 6.64. The van der Waals surface area contributed by atoms with Crippen LogP contribution in [-0.2, 0) is 32.5 Å². The standard InChI is InChI=1S/C34H44F3N6O5P/c1-7-47-49(45,48-8-2)20-21-9-15-27(29(17-21)46-6)40-33-38-18-26(34(35,36)37)31(41-33)39-28-16-14-24(25-19-43(5)32(44)30(25)28)22-10-12-23(13-11-22)42(3)4/h9,14-18,22-23H,7-8,10-13,19-20H2,1-6H3,(H2,38,39,40,41). The lowest BCUT2D eigenvalue weighted by molar-refractivity contribution is -0.137. The Morgan fingerprint density at radius 1 is 1.02 bits per heavy atom. The third kappa shape index (κ3) is 8.20. The number of carbonyl (C=O) groups is 1. The predicted octanol–water partition coefficient (Wildman–Crippen LogP) is 7.93. The second-order valence-corrected chi connectivity index (χ2v) is 14.6. The minimum atomic E-state index is -4.77. The maximum Gasteiger partial charge on any atom is 0.421 e. The molecule has 11 nitrogen and oxygen atoms in total. The Labute approximate surface area is 285 Å². The zero-order valence-corrected chi connectivity index (χ0v) is 29.6. The number of anilines is 4. The van der Waals surface area contributed by atoms with Crippen LogP contribution >= 0.6 is 7.60 Å². The molecule has 0 saturated heterocycles. The van der Waals surface area contributed by atoms with E-state index in [9.17, 15) is 22.5 Å². The number of rotatable bonds is 13. The van der Waals surface area contributed by atoms with Crippen LogP contribution in [0.15, 0.2) is 36.5 Å². The van der Waals surface area contributed by atoms with Gasteiger partial charge in [0.25, 0.3) is 5.91 Å². The maximum absolute atomic E-state index is 14.2. The number of carbonyl (C=O) groups excluding carboxylic acids is 1. The summed E-state index contributed by atoms with van der Waals surface area (Å²) in [6, 6.07) is 9.06. The van der Waals surface area contributed by atoms with Crippen LogP contribution < -0.4 is 15.4 Å². The van der Waals surface area contributed by atoms with Crippen LogP contribution in [0.25, 0.3) is 0 Å². The van der Waals surface area contributed by atoms with Crippen LogP contribution in [0, 0.1) is 0 Å². The summed E-state index contributed by atoms with van der Waals surface area (Å²) in [7, 11) is 3.90. The van der Waals surface area contributed by atoms with Gasteiger partial charge in [-0.05, 0) is 94.4 Å². The second-order valence-electron chi connectivity index (χ2n) is 12.5. The van der Waals surface area contributed by atoms with Gasteiger partial charge in [0.1, 0.15) is 17.1 Å². The fourth-order valence-corrected chi connectivity index (χ4v) is 8.33. The second kappa shape index (κ2) is 15.0. The zero-order valence-electron chi connectivity index (χ0n) is 28.7. The molecule has 1 saturated carbocycles. The Balaban J connectivity index is 1.45. The molecule has 266 valence electrons. The van der Waals surface area contributed by atoms with Gasteiger partial charge in [0, 0.05) is 25.8 Å². The number of hydrogen-bond donors (Lipinski definition) is 2. The first-order valence-electron chi connectivity index (χ1n) is 16.4. The van der Waals surface area contributed by atoms with Crippen LogP contribution in [0.5, 0.6) is 5.75 Å². The maximum atomic E-state index is 14.2. The van der Waals surface area contributed by atoms with E-state index in [1.165, 1.54) is 7.11 Å². The number of fused-ring (bicyclic) bond motifs is 1. The summed E-state index contributed by atoms with van der Waals surface area (Å²) >= 11 is 0. The lowest BCUT2D eigenvalue weighted by Crippen LogP contribution is -2.31. The SMILES string of the molecule is CCOP(=O)(Cc1ccc(Nc2ncc(C(F)(F)F)c(Nc3ccc(C4CCC(N(C)C)CC4)c4c3C(=O)N(C)C4)n2)c(OC)c1)OCC. The molecule has 5 rings (SSSR count). The summed E-state index contributed by atoms with van der Waals surface area (Å²) in [5.74, 6) is -0.309. The van der Waals surface area contributed by atoms with Gasteiger partial charge in [-0.15, -0.1) is 0 Å². The Morgan fingerprint density at radius 2 is 1.69 bits per heavy atom. The fraction of sp³-hybridized carbons (Fsp3) is 0.500. The highest BCUT2D eigenvalue weighted by molar-refractivity contribution is 7.53. The first kappa shape index (κ1) is 36.6. The third-order valence-electron chi connectivity index (χ3n) is 9.06. The van der Waals surface area contributed by atoms with Gasteiger partial charge in [-0.3, -0.25) is 9.36 Å². The van der Waals surface area contributed by atoms with Crippen LogP contribution in [0.4, 0.5) is 36.3 Å². The van der Waals surface area contributed by atoms with Crippen molar-refractivity contribution in [2.24, 2.45) is 0 Å². The van der Waals surface area contributed by atoms with Crippen molar-refractivity contribution in [1.29, 1.82) is 0 Å². The Kier molecular flexibility index (Phi) is 11.2. The van der Waals surface area contributed by atoms with E-state index < -0.39 is 25.2 Å². The van der Waals surface area contributed by atoms with E-state index in [-0.39, 0.29) is 42.8 Å². The van der Waals surface area contributed by atoms with Crippen molar-refractivity contribution in [1.82, 2.24) is 19.8 Å². The molecule has 0 bridgehead atoms. The van der Waals surface area contributed by atoms with Crippen LogP contribution in [0.2, 0.25) is 0 Å². The Bertz CT molecular complexity index is 1700. The van der Waals surface area contributed by atoms with E-state index in [4.69, 9.17) is 13.8 Å². The molecule has 2 N–H and O–H groups in total. The smallest absolute Gasteiger partial charge is 0.421 e. The van der Waals surface area contributed by atoms with E-state index in [0.717, 1.165) is 36.8 Å². The van der Waals surface area contributed by atoms with Crippen LogP contribution in [-0.4, -0.2) is 73.2 Å². The van der Waals surface area contributed by atoms with Gasteiger partial charge in [-0.1, -0.05) is 12.1 Å². The number of nitrogens with zero attached hydrogens (tertiary/aromatic N) is 4. The van der Waals surface area contributed by atoms with Gasteiger partial charge in [-0.2, -0.15) is 18.2 Å². The highest BCUT2D eigenvalue weighted by atomic mass is 31.2. The van der Waals surface area contributed by atoms with Gasteiger partial charge in [0.15, 0.2) is 0 Å². The van der Waals surface area contributed by atoms with Gasteiger partial charge in [-0.25, -0.2) is 4.98 Å². The van der Waals surface area contributed by atoms with Crippen LogP contribution in [0.1, 0.15) is 78.1 Å². The number of ether oxygens (including phenoxy) is 1. The number of alkyl halides is 3. The topological polar surface area (TPSA) is 118 Å². The van der Waals surface area contributed by atoms with Crippen molar-refractivity contribution in [3.63, 3.8) is 0 Å². The summed E-state index contributed by atoms with van der Waals surface area (Å²) < 4.78 is 72.1. The van der Waals surface area contributed by atoms with E-state index in [2.05, 4.69) is 39.6 Å². The summed E-state index contributed by atoms with van der Waals surface area (Å²) in [4.78, 5) is 25.4. The van der Waals surface area contributed by atoms with Crippen LogP contribution in [0.3, 0.4) is 0 Å². The Morgan fingerprint density at radius 3 is 2.31 bits per heavy atom. The molecule has 0 radical (unpaired) electrons. The summed E-state index contributed by atoms with van der Waals surface area (Å²) in [5, 5.41) is 5.78. The summed E-state index contributed by atoms with van der Waals surface area (Å²) in [5.41, 5.74) is 2.43. The lowest BCUT2D eigenvalue weighted by Gasteiger charge is -2.33. The minimum absolute atomic E-state index is 0.00450. The van der Waals surface area contributed by atoms with Crippen molar-refractivity contribution in [2.45, 2.75) is 70.4 Å². The largest absolute Gasteiger partial charge is 0.495 e. The van der Waals surface area contributed by atoms with E-state index in [1.54, 1.807) is 50.1 Å². The normalized spacial score (nSPS) is 18.2. The molecule has 0 spiro atoms. The molecule has 1 aliphatic heterocycles.